The maximum atomic E-state index is 12.7. The maximum absolute atomic E-state index is 12.7. The Labute approximate surface area is 122 Å². The van der Waals surface area contributed by atoms with Crippen LogP contribution in [0.25, 0.3) is 0 Å². The Kier molecular flexibility index (Phi) is 4.32. The van der Waals surface area contributed by atoms with E-state index in [0.717, 1.165) is 38.8 Å². The Morgan fingerprint density at radius 1 is 1.20 bits per heavy atom. The van der Waals surface area contributed by atoms with Crippen molar-refractivity contribution in [1.29, 1.82) is 0 Å². The molecular formula is C16H28N2O2. The summed E-state index contributed by atoms with van der Waals surface area (Å²) >= 11 is 0. The standard InChI is InChI=1S/C16H28N2O2/c1-18(10-14-6-3-7-20-14)16(19)13-8-11-4-2-5-12(9-13)15(11)17/h11-15H,2-10,17H2,1H3. The molecule has 3 unspecified atom stereocenters. The zero-order valence-corrected chi connectivity index (χ0v) is 12.6. The van der Waals surface area contributed by atoms with Gasteiger partial charge in [0.05, 0.1) is 6.10 Å². The Bertz CT molecular complexity index is 340. The van der Waals surface area contributed by atoms with E-state index in [2.05, 4.69) is 0 Å². The molecule has 2 aliphatic carbocycles. The third-order valence-corrected chi connectivity index (χ3v) is 5.64. The van der Waals surface area contributed by atoms with Crippen LogP contribution in [-0.2, 0) is 9.53 Å². The van der Waals surface area contributed by atoms with Gasteiger partial charge in [0.1, 0.15) is 0 Å². The third-order valence-electron chi connectivity index (χ3n) is 5.64. The van der Waals surface area contributed by atoms with Crippen molar-refractivity contribution in [3.63, 3.8) is 0 Å². The fourth-order valence-corrected chi connectivity index (χ4v) is 4.49. The third kappa shape index (κ3) is 2.86. The van der Waals surface area contributed by atoms with Crippen LogP contribution in [0, 0.1) is 17.8 Å². The molecule has 3 aliphatic rings. The minimum atomic E-state index is 0.205. The van der Waals surface area contributed by atoms with Gasteiger partial charge in [0.2, 0.25) is 5.91 Å². The van der Waals surface area contributed by atoms with Crippen LogP contribution in [0.2, 0.25) is 0 Å². The first-order chi connectivity index (χ1) is 9.65. The minimum Gasteiger partial charge on any atom is -0.376 e. The molecule has 1 heterocycles. The summed E-state index contributed by atoms with van der Waals surface area (Å²) < 4.78 is 5.64. The lowest BCUT2D eigenvalue weighted by Crippen LogP contribution is -2.49. The molecule has 20 heavy (non-hydrogen) atoms. The highest BCUT2D eigenvalue weighted by molar-refractivity contribution is 5.78. The van der Waals surface area contributed by atoms with E-state index in [9.17, 15) is 4.79 Å². The van der Waals surface area contributed by atoms with Crippen LogP contribution >= 0.6 is 0 Å². The van der Waals surface area contributed by atoms with Crippen LogP contribution in [0.3, 0.4) is 0 Å². The normalized spacial score (nSPS) is 40.6. The van der Waals surface area contributed by atoms with Gasteiger partial charge in [0.15, 0.2) is 0 Å². The summed E-state index contributed by atoms with van der Waals surface area (Å²) in [5, 5.41) is 0. The van der Waals surface area contributed by atoms with Crippen LogP contribution < -0.4 is 5.73 Å². The molecule has 0 aromatic heterocycles. The van der Waals surface area contributed by atoms with E-state index in [1.54, 1.807) is 0 Å². The first-order valence-corrected chi connectivity index (χ1v) is 8.27. The number of ether oxygens (including phenoxy) is 1. The molecule has 0 aromatic carbocycles. The minimum absolute atomic E-state index is 0.205. The van der Waals surface area contributed by atoms with Crippen molar-refractivity contribution in [2.75, 3.05) is 20.2 Å². The van der Waals surface area contributed by atoms with E-state index in [4.69, 9.17) is 10.5 Å². The van der Waals surface area contributed by atoms with Crippen LogP contribution in [0.15, 0.2) is 0 Å². The SMILES string of the molecule is CN(CC1CCCO1)C(=O)C1CC2CCCC(C1)C2N. The van der Waals surface area contributed by atoms with Gasteiger partial charge in [-0.1, -0.05) is 6.42 Å². The average Bonchev–Trinajstić information content (AvgIpc) is 2.90. The number of fused-ring (bicyclic) bond motifs is 2. The molecule has 4 nitrogen and oxygen atoms in total. The highest BCUT2D eigenvalue weighted by Crippen LogP contribution is 2.42. The van der Waals surface area contributed by atoms with Gasteiger partial charge in [-0.3, -0.25) is 4.79 Å². The van der Waals surface area contributed by atoms with Crippen molar-refractivity contribution in [2.24, 2.45) is 23.5 Å². The van der Waals surface area contributed by atoms with Gasteiger partial charge in [0.25, 0.3) is 0 Å². The molecule has 0 aromatic rings. The van der Waals surface area contributed by atoms with E-state index in [1.807, 2.05) is 11.9 Å². The summed E-state index contributed by atoms with van der Waals surface area (Å²) in [5.41, 5.74) is 6.31. The van der Waals surface area contributed by atoms with Gasteiger partial charge in [-0.25, -0.2) is 0 Å². The number of carbonyl (C=O) groups excluding carboxylic acids is 1. The lowest BCUT2D eigenvalue weighted by molar-refractivity contribution is -0.138. The van der Waals surface area contributed by atoms with E-state index >= 15 is 0 Å². The molecule has 114 valence electrons. The second-order valence-electron chi connectivity index (χ2n) is 7.05. The number of carbonyl (C=O) groups is 1. The second kappa shape index (κ2) is 6.02. The van der Waals surface area contributed by atoms with E-state index in [1.165, 1.54) is 19.3 Å². The number of hydrogen-bond donors (Lipinski definition) is 1. The predicted octanol–water partition coefficient (Wildman–Crippen LogP) is 1.78. The lowest BCUT2D eigenvalue weighted by Gasteiger charge is -2.44. The average molecular weight is 280 g/mol. The summed E-state index contributed by atoms with van der Waals surface area (Å²) in [4.78, 5) is 14.6. The van der Waals surface area contributed by atoms with Gasteiger partial charge in [-0.15, -0.1) is 0 Å². The molecular weight excluding hydrogens is 252 g/mol. The van der Waals surface area contributed by atoms with Gasteiger partial charge in [0, 0.05) is 32.2 Å². The van der Waals surface area contributed by atoms with Crippen molar-refractivity contribution in [3.8, 4) is 0 Å². The molecule has 4 heteroatoms. The van der Waals surface area contributed by atoms with E-state index < -0.39 is 0 Å². The summed E-state index contributed by atoms with van der Waals surface area (Å²) in [7, 11) is 1.94. The molecule has 2 bridgehead atoms. The first kappa shape index (κ1) is 14.3. The molecule has 1 aliphatic heterocycles. The fourth-order valence-electron chi connectivity index (χ4n) is 4.49. The monoisotopic (exact) mass is 280 g/mol. The summed E-state index contributed by atoms with van der Waals surface area (Å²) in [6.07, 6.45) is 8.24. The summed E-state index contributed by atoms with van der Waals surface area (Å²) in [6.45, 7) is 1.62. The van der Waals surface area contributed by atoms with Crippen LogP contribution in [-0.4, -0.2) is 43.2 Å². The van der Waals surface area contributed by atoms with Gasteiger partial charge in [-0.05, 0) is 50.4 Å². The van der Waals surface area contributed by atoms with Gasteiger partial charge < -0.3 is 15.4 Å². The molecule has 2 saturated carbocycles. The molecule has 3 rings (SSSR count). The molecule has 3 atom stereocenters. The van der Waals surface area contributed by atoms with Crippen molar-refractivity contribution in [1.82, 2.24) is 4.90 Å². The molecule has 1 amide bonds. The topological polar surface area (TPSA) is 55.6 Å². The Morgan fingerprint density at radius 3 is 2.50 bits per heavy atom. The van der Waals surface area contributed by atoms with Crippen LogP contribution in [0.1, 0.15) is 44.9 Å². The van der Waals surface area contributed by atoms with Crippen LogP contribution in [0.5, 0.6) is 0 Å². The summed E-state index contributed by atoms with van der Waals surface area (Å²) in [6, 6.07) is 0.344. The number of nitrogens with two attached hydrogens (primary N) is 1. The molecule has 2 N–H and O–H groups in total. The number of likely N-dealkylation sites (N-methyl/N-ethyl adjacent to an activating group) is 1. The van der Waals surface area contributed by atoms with E-state index in [0.29, 0.717) is 23.8 Å². The quantitative estimate of drug-likeness (QED) is 0.857. The zero-order valence-electron chi connectivity index (χ0n) is 12.6. The largest absolute Gasteiger partial charge is 0.376 e. The Balaban J connectivity index is 1.56. The van der Waals surface area contributed by atoms with Crippen LogP contribution in [0.4, 0.5) is 0 Å². The first-order valence-electron chi connectivity index (χ1n) is 8.27. The van der Waals surface area contributed by atoms with E-state index in [-0.39, 0.29) is 12.0 Å². The second-order valence-corrected chi connectivity index (χ2v) is 7.05. The van der Waals surface area contributed by atoms with Crippen molar-refractivity contribution in [3.05, 3.63) is 0 Å². The Morgan fingerprint density at radius 2 is 1.90 bits per heavy atom. The maximum Gasteiger partial charge on any atom is 0.225 e. The smallest absolute Gasteiger partial charge is 0.225 e. The number of amides is 1. The molecule has 3 fully saturated rings. The van der Waals surface area contributed by atoms with Crippen molar-refractivity contribution >= 4 is 5.91 Å². The number of rotatable bonds is 3. The molecule has 0 spiro atoms. The van der Waals surface area contributed by atoms with Gasteiger partial charge in [-0.2, -0.15) is 0 Å². The van der Waals surface area contributed by atoms with Gasteiger partial charge >= 0.3 is 0 Å². The zero-order chi connectivity index (χ0) is 14.1. The predicted molar refractivity (Wildman–Crippen MR) is 78.1 cm³/mol. The van der Waals surface area contributed by atoms with Crippen molar-refractivity contribution in [2.45, 2.75) is 57.1 Å². The molecule has 0 radical (unpaired) electrons. The fraction of sp³-hybridized carbons (Fsp3) is 0.938. The molecule has 1 saturated heterocycles. The highest BCUT2D eigenvalue weighted by Gasteiger charge is 2.41. The number of nitrogens with zero attached hydrogens (tertiary/aromatic N) is 1. The summed E-state index contributed by atoms with van der Waals surface area (Å²) in [5.74, 6) is 1.68. The lowest BCUT2D eigenvalue weighted by atomic mass is 9.65. The number of hydrogen-bond acceptors (Lipinski definition) is 3. The highest BCUT2D eigenvalue weighted by atomic mass is 16.5. The van der Waals surface area contributed by atoms with Crippen molar-refractivity contribution < 1.29 is 9.53 Å². The Hall–Kier alpha value is -0.610.